The number of nitrogens with one attached hydrogen (secondary N) is 1. The van der Waals surface area contributed by atoms with Gasteiger partial charge in [0.1, 0.15) is 5.75 Å². The second kappa shape index (κ2) is 9.67. The molecule has 0 fully saturated rings. The molecule has 3 rings (SSSR count). The summed E-state index contributed by atoms with van der Waals surface area (Å²) in [6.07, 6.45) is 2.68. The van der Waals surface area contributed by atoms with Crippen LogP contribution in [0.2, 0.25) is 5.02 Å². The molecule has 0 aliphatic heterocycles. The average Bonchev–Trinajstić information content (AvgIpc) is 3.19. The van der Waals surface area contributed by atoms with Crippen molar-refractivity contribution < 1.29 is 14.2 Å². The Morgan fingerprint density at radius 2 is 1.97 bits per heavy atom. The highest BCUT2D eigenvalue weighted by molar-refractivity contribution is 6.33. The van der Waals surface area contributed by atoms with Gasteiger partial charge in [0.2, 0.25) is 5.75 Å². The number of rotatable bonds is 10. The number of hydrogen-bond donors (Lipinski definition) is 1. The zero-order chi connectivity index (χ0) is 20.8. The van der Waals surface area contributed by atoms with Gasteiger partial charge < -0.3 is 24.4 Å². The summed E-state index contributed by atoms with van der Waals surface area (Å²) in [5, 5.41) is 8.27. The molecule has 2 aromatic heterocycles. The average molecular weight is 420 g/mol. The van der Waals surface area contributed by atoms with E-state index in [-0.39, 0.29) is 0 Å². The molecule has 0 amide bonds. The minimum atomic E-state index is 0.521. The largest absolute Gasteiger partial charge is 0.497 e. The fourth-order valence-corrected chi connectivity index (χ4v) is 3.33. The van der Waals surface area contributed by atoms with Crippen LogP contribution in [0.5, 0.6) is 11.5 Å². The number of hydrogen-bond acceptors (Lipinski definition) is 7. The van der Waals surface area contributed by atoms with E-state index in [1.807, 2.05) is 18.2 Å². The van der Waals surface area contributed by atoms with Crippen molar-refractivity contribution >= 4 is 34.6 Å². The SMILES string of the molecule is CCCN(CCOC)c1c(OC)c(Nc2ccc(OC)cc2Cl)nc2ccnn12. The number of ether oxygens (including phenoxy) is 3. The van der Waals surface area contributed by atoms with E-state index in [0.29, 0.717) is 46.8 Å². The smallest absolute Gasteiger partial charge is 0.204 e. The number of benzene rings is 1. The van der Waals surface area contributed by atoms with Crippen molar-refractivity contribution in [2.24, 2.45) is 0 Å². The Morgan fingerprint density at radius 3 is 2.62 bits per heavy atom. The summed E-state index contributed by atoms with van der Waals surface area (Å²) in [5.74, 6) is 2.63. The van der Waals surface area contributed by atoms with E-state index < -0.39 is 0 Å². The highest BCUT2D eigenvalue weighted by Gasteiger charge is 2.22. The van der Waals surface area contributed by atoms with E-state index in [0.717, 1.165) is 18.8 Å². The first-order valence-electron chi connectivity index (χ1n) is 9.39. The molecule has 0 saturated carbocycles. The van der Waals surface area contributed by atoms with Crippen molar-refractivity contribution in [2.75, 3.05) is 51.2 Å². The third-order valence-electron chi connectivity index (χ3n) is 4.46. The Balaban J connectivity index is 2.10. The van der Waals surface area contributed by atoms with E-state index in [1.165, 1.54) is 0 Å². The van der Waals surface area contributed by atoms with Crippen molar-refractivity contribution in [1.29, 1.82) is 0 Å². The maximum Gasteiger partial charge on any atom is 0.204 e. The standard InChI is InChI=1S/C20H26ClN5O3/c1-5-10-25(11-12-27-2)20-18(29-4)19(24-17-8-9-22-26(17)20)23-16-7-6-14(28-3)13-15(16)21/h6-9,13H,5,10-12H2,1-4H3,(H,23,24). The third kappa shape index (κ3) is 4.49. The molecule has 0 radical (unpaired) electrons. The van der Waals surface area contributed by atoms with Crippen molar-refractivity contribution in [2.45, 2.75) is 13.3 Å². The molecule has 0 aliphatic carbocycles. The van der Waals surface area contributed by atoms with E-state index >= 15 is 0 Å². The molecule has 0 spiro atoms. The van der Waals surface area contributed by atoms with Gasteiger partial charge in [0.25, 0.3) is 0 Å². The van der Waals surface area contributed by atoms with Gasteiger partial charge in [-0.25, -0.2) is 4.98 Å². The van der Waals surface area contributed by atoms with Crippen LogP contribution in [0, 0.1) is 0 Å². The molecule has 0 unspecified atom stereocenters. The molecule has 156 valence electrons. The van der Waals surface area contributed by atoms with E-state index in [9.17, 15) is 0 Å². The van der Waals surface area contributed by atoms with Crippen LogP contribution in [0.15, 0.2) is 30.5 Å². The van der Waals surface area contributed by atoms with Crippen molar-refractivity contribution in [3.63, 3.8) is 0 Å². The van der Waals surface area contributed by atoms with Gasteiger partial charge in [-0.1, -0.05) is 18.5 Å². The lowest BCUT2D eigenvalue weighted by molar-refractivity contribution is 0.204. The molecular formula is C20H26ClN5O3. The second-order valence-corrected chi connectivity index (χ2v) is 6.78. The van der Waals surface area contributed by atoms with Crippen LogP contribution < -0.4 is 19.7 Å². The van der Waals surface area contributed by atoms with Crippen molar-refractivity contribution in [3.05, 3.63) is 35.5 Å². The Morgan fingerprint density at radius 1 is 1.14 bits per heavy atom. The number of halogens is 1. The van der Waals surface area contributed by atoms with E-state index in [4.69, 9.17) is 25.8 Å². The third-order valence-corrected chi connectivity index (χ3v) is 4.77. The van der Waals surface area contributed by atoms with Crippen LogP contribution in [-0.4, -0.2) is 55.6 Å². The predicted molar refractivity (Wildman–Crippen MR) is 115 cm³/mol. The van der Waals surface area contributed by atoms with Crippen LogP contribution in [0.3, 0.4) is 0 Å². The molecule has 0 bridgehead atoms. The number of anilines is 3. The quantitative estimate of drug-likeness (QED) is 0.532. The fourth-order valence-electron chi connectivity index (χ4n) is 3.11. The van der Waals surface area contributed by atoms with Crippen LogP contribution in [0.1, 0.15) is 13.3 Å². The molecule has 29 heavy (non-hydrogen) atoms. The first-order chi connectivity index (χ1) is 14.1. The molecule has 1 aromatic carbocycles. The summed E-state index contributed by atoms with van der Waals surface area (Å²) >= 11 is 6.42. The van der Waals surface area contributed by atoms with Gasteiger partial charge in [-0.05, 0) is 18.6 Å². The fraction of sp³-hybridized carbons (Fsp3) is 0.400. The summed E-state index contributed by atoms with van der Waals surface area (Å²) in [6, 6.07) is 7.28. The Hall–Kier alpha value is -2.71. The zero-order valence-electron chi connectivity index (χ0n) is 17.1. The molecule has 8 nitrogen and oxygen atoms in total. The molecule has 3 aromatic rings. The van der Waals surface area contributed by atoms with Crippen LogP contribution in [-0.2, 0) is 4.74 Å². The molecule has 0 atom stereocenters. The lowest BCUT2D eigenvalue weighted by Gasteiger charge is -2.27. The van der Waals surface area contributed by atoms with Gasteiger partial charge in [0.15, 0.2) is 17.3 Å². The van der Waals surface area contributed by atoms with Gasteiger partial charge in [0, 0.05) is 32.3 Å². The maximum absolute atomic E-state index is 6.42. The minimum absolute atomic E-state index is 0.521. The minimum Gasteiger partial charge on any atom is -0.497 e. The Kier molecular flexibility index (Phi) is 7.00. The second-order valence-electron chi connectivity index (χ2n) is 6.37. The van der Waals surface area contributed by atoms with Gasteiger partial charge in [-0.3, -0.25) is 0 Å². The van der Waals surface area contributed by atoms with E-state index in [2.05, 4.69) is 27.2 Å². The summed E-state index contributed by atoms with van der Waals surface area (Å²) < 4.78 is 18.1. The molecular weight excluding hydrogens is 394 g/mol. The molecule has 9 heteroatoms. The molecule has 0 saturated heterocycles. The maximum atomic E-state index is 6.42. The van der Waals surface area contributed by atoms with Gasteiger partial charge >= 0.3 is 0 Å². The molecule has 2 heterocycles. The summed E-state index contributed by atoms with van der Waals surface area (Å²) in [4.78, 5) is 6.87. The number of nitrogens with zero attached hydrogens (tertiary/aromatic N) is 4. The van der Waals surface area contributed by atoms with Gasteiger partial charge in [-0.15, -0.1) is 0 Å². The van der Waals surface area contributed by atoms with Crippen LogP contribution in [0.4, 0.5) is 17.3 Å². The molecule has 0 aliphatic rings. The van der Waals surface area contributed by atoms with Gasteiger partial charge in [0.05, 0.1) is 37.7 Å². The zero-order valence-corrected chi connectivity index (χ0v) is 17.9. The van der Waals surface area contributed by atoms with E-state index in [1.54, 1.807) is 38.1 Å². The number of fused-ring (bicyclic) bond motifs is 1. The van der Waals surface area contributed by atoms with Crippen LogP contribution in [0.25, 0.3) is 5.65 Å². The van der Waals surface area contributed by atoms with Gasteiger partial charge in [-0.2, -0.15) is 9.61 Å². The number of aromatic nitrogens is 3. The summed E-state index contributed by atoms with van der Waals surface area (Å²) in [7, 11) is 4.92. The predicted octanol–water partition coefficient (Wildman–Crippen LogP) is 4.01. The van der Waals surface area contributed by atoms with Crippen molar-refractivity contribution in [1.82, 2.24) is 14.6 Å². The Labute approximate surface area is 175 Å². The van der Waals surface area contributed by atoms with Crippen molar-refractivity contribution in [3.8, 4) is 11.5 Å². The lowest BCUT2D eigenvalue weighted by atomic mass is 10.3. The monoisotopic (exact) mass is 419 g/mol. The van der Waals surface area contributed by atoms with Crippen LogP contribution >= 0.6 is 11.6 Å². The Bertz CT molecular complexity index is 963. The first kappa shape index (κ1) is 21.0. The lowest BCUT2D eigenvalue weighted by Crippen LogP contribution is -2.30. The number of methoxy groups -OCH3 is 3. The first-order valence-corrected chi connectivity index (χ1v) is 9.76. The topological polar surface area (TPSA) is 73.2 Å². The summed E-state index contributed by atoms with van der Waals surface area (Å²) in [6.45, 7) is 4.23. The normalized spacial score (nSPS) is 10.9. The highest BCUT2D eigenvalue weighted by Crippen LogP contribution is 2.38. The highest BCUT2D eigenvalue weighted by atomic mass is 35.5. The molecule has 1 N–H and O–H groups in total. The summed E-state index contributed by atoms with van der Waals surface area (Å²) in [5.41, 5.74) is 1.40.